The Morgan fingerprint density at radius 3 is 2.84 bits per heavy atom. The molecular formula is C19H26N2O4. The fourth-order valence-electron chi connectivity index (χ4n) is 4.23. The number of carbonyl (C=O) groups is 1. The van der Waals surface area contributed by atoms with Crippen LogP contribution in [-0.4, -0.2) is 62.4 Å². The number of nitrogens with zero attached hydrogens (tertiary/aromatic N) is 1. The van der Waals surface area contributed by atoms with Crippen molar-refractivity contribution in [3.63, 3.8) is 0 Å². The van der Waals surface area contributed by atoms with Crippen molar-refractivity contribution < 1.29 is 19.0 Å². The molecule has 2 fully saturated rings. The van der Waals surface area contributed by atoms with Crippen molar-refractivity contribution in [1.82, 2.24) is 10.2 Å². The summed E-state index contributed by atoms with van der Waals surface area (Å²) < 4.78 is 16.6. The number of fused-ring (bicyclic) bond motifs is 1. The molecule has 1 aromatic carbocycles. The fourth-order valence-corrected chi connectivity index (χ4v) is 4.23. The highest BCUT2D eigenvalue weighted by atomic mass is 16.6. The van der Waals surface area contributed by atoms with E-state index in [1.807, 2.05) is 12.1 Å². The number of nitrogens with one attached hydrogen (secondary N) is 1. The third kappa shape index (κ3) is 3.46. The maximum atomic E-state index is 12.7. The third-order valence-corrected chi connectivity index (χ3v) is 5.58. The first-order valence-electron chi connectivity index (χ1n) is 9.22. The van der Waals surface area contributed by atoms with Crippen molar-refractivity contribution >= 4 is 5.91 Å². The zero-order chi connectivity index (χ0) is 17.2. The van der Waals surface area contributed by atoms with Crippen molar-refractivity contribution in [1.29, 1.82) is 0 Å². The highest BCUT2D eigenvalue weighted by Crippen LogP contribution is 2.31. The average molecular weight is 346 g/mol. The Hall–Kier alpha value is -1.79. The first kappa shape index (κ1) is 16.7. The van der Waals surface area contributed by atoms with E-state index < -0.39 is 0 Å². The second-order valence-corrected chi connectivity index (χ2v) is 7.08. The lowest BCUT2D eigenvalue weighted by Gasteiger charge is -2.30. The Morgan fingerprint density at radius 1 is 1.20 bits per heavy atom. The molecule has 3 atom stereocenters. The Morgan fingerprint density at radius 2 is 2.04 bits per heavy atom. The van der Waals surface area contributed by atoms with Gasteiger partial charge in [-0.25, -0.2) is 0 Å². The molecular weight excluding hydrogens is 320 g/mol. The van der Waals surface area contributed by atoms with Crippen LogP contribution in [0.2, 0.25) is 0 Å². The molecule has 1 saturated carbocycles. The first-order valence-corrected chi connectivity index (χ1v) is 9.22. The van der Waals surface area contributed by atoms with Crippen LogP contribution in [0.15, 0.2) is 18.2 Å². The third-order valence-electron chi connectivity index (χ3n) is 5.58. The largest absolute Gasteiger partial charge is 0.486 e. The van der Waals surface area contributed by atoms with E-state index in [9.17, 15) is 4.79 Å². The summed E-state index contributed by atoms with van der Waals surface area (Å²) in [6.45, 7) is 3.11. The van der Waals surface area contributed by atoms with Gasteiger partial charge in [0.05, 0.1) is 6.10 Å². The minimum atomic E-state index is -0.0311. The van der Waals surface area contributed by atoms with Crippen LogP contribution in [0.4, 0.5) is 0 Å². The maximum absolute atomic E-state index is 12.7. The SMILES string of the molecule is COC1CCN([C@H]2CCC[C@H]2NC(=O)c2ccc3c(c2)OCCO3)C1. The molecule has 136 valence electrons. The van der Waals surface area contributed by atoms with Gasteiger partial charge in [0.2, 0.25) is 0 Å². The van der Waals surface area contributed by atoms with Gasteiger partial charge >= 0.3 is 0 Å². The second-order valence-electron chi connectivity index (χ2n) is 7.08. The molecule has 1 aromatic rings. The maximum Gasteiger partial charge on any atom is 0.251 e. The lowest BCUT2D eigenvalue weighted by atomic mass is 10.1. The Labute approximate surface area is 148 Å². The summed E-state index contributed by atoms with van der Waals surface area (Å²) in [7, 11) is 1.78. The topological polar surface area (TPSA) is 60.0 Å². The van der Waals surface area contributed by atoms with Crippen molar-refractivity contribution in [3.05, 3.63) is 23.8 Å². The van der Waals surface area contributed by atoms with Gasteiger partial charge in [0.15, 0.2) is 11.5 Å². The van der Waals surface area contributed by atoms with Crippen LogP contribution in [-0.2, 0) is 4.74 Å². The molecule has 2 aliphatic heterocycles. The van der Waals surface area contributed by atoms with Gasteiger partial charge in [0.1, 0.15) is 13.2 Å². The molecule has 0 spiro atoms. The number of methoxy groups -OCH3 is 1. The lowest BCUT2D eigenvalue weighted by Crippen LogP contribution is -2.48. The van der Waals surface area contributed by atoms with Gasteiger partial charge in [-0.2, -0.15) is 0 Å². The molecule has 25 heavy (non-hydrogen) atoms. The standard InChI is InChI=1S/C19H26N2O4/c1-23-14-7-8-21(12-14)16-4-2-3-15(16)20-19(22)13-5-6-17-18(11-13)25-10-9-24-17/h5-6,11,14-16H,2-4,7-10,12H2,1H3,(H,20,22)/t14?,15-,16+/m1/s1. The summed E-state index contributed by atoms with van der Waals surface area (Å²) in [5.41, 5.74) is 0.631. The quantitative estimate of drug-likeness (QED) is 0.901. The highest BCUT2D eigenvalue weighted by molar-refractivity contribution is 5.95. The van der Waals surface area contributed by atoms with Crippen LogP contribution in [0.1, 0.15) is 36.0 Å². The second kappa shape index (κ2) is 7.22. The number of carbonyl (C=O) groups excluding carboxylic acids is 1. The molecule has 4 rings (SSSR count). The number of benzene rings is 1. The number of amides is 1. The Balaban J connectivity index is 1.41. The molecule has 1 aliphatic carbocycles. The molecule has 0 bridgehead atoms. The van der Waals surface area contributed by atoms with Crippen LogP contribution in [0, 0.1) is 0 Å². The van der Waals surface area contributed by atoms with Gasteiger partial charge in [-0.15, -0.1) is 0 Å². The van der Waals surface area contributed by atoms with Gasteiger partial charge in [0, 0.05) is 37.8 Å². The highest BCUT2D eigenvalue weighted by Gasteiger charge is 2.37. The summed E-state index contributed by atoms with van der Waals surface area (Å²) >= 11 is 0. The van der Waals surface area contributed by atoms with E-state index in [-0.39, 0.29) is 11.9 Å². The fraction of sp³-hybridized carbons (Fsp3) is 0.632. The van der Waals surface area contributed by atoms with Gasteiger partial charge in [0.25, 0.3) is 5.91 Å². The summed E-state index contributed by atoms with van der Waals surface area (Å²) in [5.74, 6) is 1.34. The van der Waals surface area contributed by atoms with Crippen molar-refractivity contribution in [2.45, 2.75) is 43.9 Å². The number of hydrogen-bond donors (Lipinski definition) is 1. The molecule has 1 amide bonds. The monoisotopic (exact) mass is 346 g/mol. The lowest BCUT2D eigenvalue weighted by molar-refractivity contribution is 0.0872. The van der Waals surface area contributed by atoms with Gasteiger partial charge in [-0.1, -0.05) is 0 Å². The molecule has 1 unspecified atom stereocenters. The van der Waals surface area contributed by atoms with Gasteiger partial charge in [-0.05, 0) is 43.9 Å². The van der Waals surface area contributed by atoms with E-state index in [0.717, 1.165) is 38.8 Å². The minimum absolute atomic E-state index is 0.0311. The predicted molar refractivity (Wildman–Crippen MR) is 93.3 cm³/mol. The van der Waals surface area contributed by atoms with Crippen LogP contribution in [0.25, 0.3) is 0 Å². The van der Waals surface area contributed by atoms with Crippen molar-refractivity contribution in [2.75, 3.05) is 33.4 Å². The van der Waals surface area contributed by atoms with Gasteiger partial charge < -0.3 is 19.5 Å². The normalized spacial score (nSPS) is 28.9. The molecule has 2 heterocycles. The van der Waals surface area contributed by atoms with E-state index in [1.54, 1.807) is 13.2 Å². The zero-order valence-corrected chi connectivity index (χ0v) is 14.7. The van der Waals surface area contributed by atoms with Crippen molar-refractivity contribution in [2.24, 2.45) is 0 Å². The van der Waals surface area contributed by atoms with Crippen LogP contribution < -0.4 is 14.8 Å². The van der Waals surface area contributed by atoms with E-state index in [2.05, 4.69) is 10.2 Å². The van der Waals surface area contributed by atoms with Crippen LogP contribution in [0.5, 0.6) is 11.5 Å². The molecule has 3 aliphatic rings. The summed E-state index contributed by atoms with van der Waals surface area (Å²) in [5, 5.41) is 3.24. The molecule has 0 aromatic heterocycles. The van der Waals surface area contributed by atoms with Gasteiger partial charge in [-0.3, -0.25) is 9.69 Å². The number of ether oxygens (including phenoxy) is 3. The average Bonchev–Trinajstić information content (AvgIpc) is 3.30. The zero-order valence-electron chi connectivity index (χ0n) is 14.7. The molecule has 0 radical (unpaired) electrons. The number of likely N-dealkylation sites (tertiary alicyclic amines) is 1. The Kier molecular flexibility index (Phi) is 4.81. The smallest absolute Gasteiger partial charge is 0.251 e. The van der Waals surface area contributed by atoms with E-state index in [1.165, 1.54) is 0 Å². The molecule has 6 nitrogen and oxygen atoms in total. The first-order chi connectivity index (χ1) is 12.2. The minimum Gasteiger partial charge on any atom is -0.486 e. The summed E-state index contributed by atoms with van der Waals surface area (Å²) in [6.07, 6.45) is 4.74. The molecule has 6 heteroatoms. The van der Waals surface area contributed by atoms with Crippen LogP contribution >= 0.6 is 0 Å². The molecule has 1 saturated heterocycles. The van der Waals surface area contributed by atoms with Crippen LogP contribution in [0.3, 0.4) is 0 Å². The summed E-state index contributed by atoms with van der Waals surface area (Å²) in [6, 6.07) is 6.03. The summed E-state index contributed by atoms with van der Waals surface area (Å²) in [4.78, 5) is 15.2. The number of rotatable bonds is 4. The van der Waals surface area contributed by atoms with E-state index in [0.29, 0.717) is 42.4 Å². The molecule has 1 N–H and O–H groups in total. The van der Waals surface area contributed by atoms with E-state index in [4.69, 9.17) is 14.2 Å². The van der Waals surface area contributed by atoms with E-state index >= 15 is 0 Å². The predicted octanol–water partition coefficient (Wildman–Crippen LogP) is 1.83. The van der Waals surface area contributed by atoms with Crippen molar-refractivity contribution in [3.8, 4) is 11.5 Å². The Bertz CT molecular complexity index is 636. The number of hydrogen-bond acceptors (Lipinski definition) is 5.